The van der Waals surface area contributed by atoms with E-state index in [0.717, 1.165) is 63.6 Å². The highest BCUT2D eigenvalue weighted by molar-refractivity contribution is 5.68. The molecule has 0 aromatic heterocycles. The molecule has 2 N–H and O–H groups in total. The molecule has 7 nitrogen and oxygen atoms in total. The number of likely N-dealkylation sites (tertiary alicyclic amines) is 1. The van der Waals surface area contributed by atoms with E-state index in [1.165, 1.54) is 0 Å². The number of benzene rings is 1. The molecule has 1 aromatic rings. The fourth-order valence-corrected chi connectivity index (χ4v) is 4.43. The van der Waals surface area contributed by atoms with E-state index < -0.39 is 5.60 Å². The molecule has 0 bridgehead atoms. The fourth-order valence-electron chi connectivity index (χ4n) is 4.43. The Labute approximate surface area is 192 Å². The van der Waals surface area contributed by atoms with E-state index in [9.17, 15) is 9.59 Å². The SMILES string of the molecule is CC(C)(C)OC(=O)N1CCCCC1NCC1CCC(NC(=O)OCc2ccccc2)CC1. The molecule has 1 atom stereocenters. The minimum atomic E-state index is -0.479. The van der Waals surface area contributed by atoms with Crippen LogP contribution < -0.4 is 10.6 Å². The first-order valence-corrected chi connectivity index (χ1v) is 12.0. The van der Waals surface area contributed by atoms with Crippen LogP contribution >= 0.6 is 0 Å². The first-order valence-electron chi connectivity index (χ1n) is 12.0. The molecule has 32 heavy (non-hydrogen) atoms. The van der Waals surface area contributed by atoms with Gasteiger partial charge < -0.3 is 14.8 Å². The zero-order chi connectivity index (χ0) is 23.0. The number of nitrogens with zero attached hydrogens (tertiary/aromatic N) is 1. The largest absolute Gasteiger partial charge is 0.445 e. The molecule has 0 radical (unpaired) electrons. The van der Waals surface area contributed by atoms with Crippen molar-refractivity contribution in [1.82, 2.24) is 15.5 Å². The molecule has 2 aliphatic rings. The molecule has 1 saturated carbocycles. The van der Waals surface area contributed by atoms with Crippen molar-refractivity contribution in [1.29, 1.82) is 0 Å². The highest BCUT2D eigenvalue weighted by Crippen LogP contribution is 2.25. The van der Waals surface area contributed by atoms with Crippen LogP contribution in [0.1, 0.15) is 71.3 Å². The van der Waals surface area contributed by atoms with Gasteiger partial charge in [-0.2, -0.15) is 0 Å². The van der Waals surface area contributed by atoms with Crippen LogP contribution in [-0.4, -0.2) is 48.0 Å². The molecule has 7 heteroatoms. The van der Waals surface area contributed by atoms with Crippen LogP contribution in [0.5, 0.6) is 0 Å². The molecular weight excluding hydrogens is 406 g/mol. The maximum atomic E-state index is 12.6. The summed E-state index contributed by atoms with van der Waals surface area (Å²) in [6.45, 7) is 7.63. The summed E-state index contributed by atoms with van der Waals surface area (Å²) in [6, 6.07) is 9.88. The summed E-state index contributed by atoms with van der Waals surface area (Å²) < 4.78 is 10.9. The van der Waals surface area contributed by atoms with Crippen molar-refractivity contribution in [2.24, 2.45) is 5.92 Å². The molecule has 2 amide bonds. The van der Waals surface area contributed by atoms with Gasteiger partial charge in [0, 0.05) is 12.6 Å². The Bertz CT molecular complexity index is 726. The fraction of sp³-hybridized carbons (Fsp3) is 0.680. The number of ether oxygens (including phenoxy) is 2. The van der Waals surface area contributed by atoms with Gasteiger partial charge in [-0.3, -0.25) is 10.2 Å². The van der Waals surface area contributed by atoms with Gasteiger partial charge in [-0.1, -0.05) is 30.3 Å². The average Bonchev–Trinajstić information content (AvgIpc) is 2.77. The van der Waals surface area contributed by atoms with Gasteiger partial charge in [0.25, 0.3) is 0 Å². The lowest BCUT2D eigenvalue weighted by atomic mass is 9.86. The summed E-state index contributed by atoms with van der Waals surface area (Å²) in [4.78, 5) is 26.5. The topological polar surface area (TPSA) is 79.9 Å². The number of carbonyl (C=O) groups excluding carboxylic acids is 2. The van der Waals surface area contributed by atoms with E-state index in [-0.39, 0.29) is 24.4 Å². The lowest BCUT2D eigenvalue weighted by Crippen LogP contribution is -2.53. The third-order valence-electron chi connectivity index (χ3n) is 6.15. The van der Waals surface area contributed by atoms with E-state index >= 15 is 0 Å². The third kappa shape index (κ3) is 8.01. The second kappa shape index (κ2) is 11.5. The van der Waals surface area contributed by atoms with Crippen LogP contribution in [-0.2, 0) is 16.1 Å². The standard InChI is InChI=1S/C25H39N3O4/c1-25(2,3)32-24(30)28-16-8-7-11-22(28)26-17-19-12-14-21(15-13-19)27-23(29)31-18-20-9-5-4-6-10-20/h4-6,9-10,19,21-22,26H,7-8,11-18H2,1-3H3,(H,27,29). The summed E-state index contributed by atoms with van der Waals surface area (Å²) in [6.07, 6.45) is 6.59. The van der Waals surface area contributed by atoms with E-state index in [1.807, 2.05) is 56.0 Å². The van der Waals surface area contributed by atoms with Crippen LogP contribution in [0.4, 0.5) is 9.59 Å². The predicted octanol–water partition coefficient (Wildman–Crippen LogP) is 4.81. The van der Waals surface area contributed by atoms with Crippen LogP contribution in [0.2, 0.25) is 0 Å². The van der Waals surface area contributed by atoms with Crippen LogP contribution in [0.3, 0.4) is 0 Å². The Morgan fingerprint density at radius 1 is 1.03 bits per heavy atom. The van der Waals surface area contributed by atoms with E-state index in [4.69, 9.17) is 9.47 Å². The highest BCUT2D eigenvalue weighted by Gasteiger charge is 2.31. The van der Waals surface area contributed by atoms with Crippen molar-refractivity contribution in [2.75, 3.05) is 13.1 Å². The zero-order valence-electron chi connectivity index (χ0n) is 19.8. The first kappa shape index (κ1) is 24.4. The molecular formula is C25H39N3O4. The van der Waals surface area contributed by atoms with Gasteiger partial charge in [-0.15, -0.1) is 0 Å². The monoisotopic (exact) mass is 445 g/mol. The third-order valence-corrected chi connectivity index (χ3v) is 6.15. The Morgan fingerprint density at radius 3 is 2.44 bits per heavy atom. The Kier molecular flexibility index (Phi) is 8.79. The van der Waals surface area contributed by atoms with Gasteiger partial charge in [0.1, 0.15) is 12.2 Å². The Hall–Kier alpha value is -2.28. The van der Waals surface area contributed by atoms with Gasteiger partial charge in [0.15, 0.2) is 0 Å². The summed E-state index contributed by atoms with van der Waals surface area (Å²) in [5.41, 5.74) is 0.507. The highest BCUT2D eigenvalue weighted by atomic mass is 16.6. The molecule has 1 saturated heterocycles. The minimum Gasteiger partial charge on any atom is -0.445 e. The maximum absolute atomic E-state index is 12.6. The molecule has 1 aromatic carbocycles. The number of hydrogen-bond donors (Lipinski definition) is 2. The van der Waals surface area contributed by atoms with Crippen LogP contribution in [0.25, 0.3) is 0 Å². The zero-order valence-corrected chi connectivity index (χ0v) is 19.8. The number of alkyl carbamates (subject to hydrolysis) is 1. The number of amides is 2. The van der Waals surface area contributed by atoms with Crippen molar-refractivity contribution in [3.63, 3.8) is 0 Å². The summed E-state index contributed by atoms with van der Waals surface area (Å²) in [7, 11) is 0. The second-order valence-electron chi connectivity index (χ2n) is 10.0. The molecule has 1 aliphatic carbocycles. The number of hydrogen-bond acceptors (Lipinski definition) is 5. The predicted molar refractivity (Wildman–Crippen MR) is 124 cm³/mol. The van der Waals surface area contributed by atoms with Gasteiger partial charge in [0.2, 0.25) is 0 Å². The molecule has 1 heterocycles. The molecule has 0 spiro atoms. The number of piperidine rings is 1. The van der Waals surface area contributed by atoms with E-state index in [1.54, 1.807) is 0 Å². The van der Waals surface area contributed by atoms with Crippen LogP contribution in [0.15, 0.2) is 30.3 Å². The van der Waals surface area contributed by atoms with Gasteiger partial charge in [-0.05, 0) is 83.7 Å². The normalized spacial score (nSPS) is 24.0. The van der Waals surface area contributed by atoms with Gasteiger partial charge in [-0.25, -0.2) is 9.59 Å². The molecule has 1 aliphatic heterocycles. The van der Waals surface area contributed by atoms with Crippen molar-refractivity contribution in [3.05, 3.63) is 35.9 Å². The quantitative estimate of drug-likeness (QED) is 0.657. The average molecular weight is 446 g/mol. The second-order valence-corrected chi connectivity index (χ2v) is 10.0. The van der Waals surface area contributed by atoms with Crippen LogP contribution in [0, 0.1) is 5.92 Å². The smallest absolute Gasteiger partial charge is 0.411 e. The molecule has 178 valence electrons. The van der Waals surface area contributed by atoms with Crippen molar-refractivity contribution in [3.8, 4) is 0 Å². The molecule has 3 rings (SSSR count). The van der Waals surface area contributed by atoms with E-state index in [0.29, 0.717) is 12.5 Å². The Morgan fingerprint density at radius 2 is 1.75 bits per heavy atom. The summed E-state index contributed by atoms with van der Waals surface area (Å²) in [5.74, 6) is 0.552. The number of carbonyl (C=O) groups is 2. The van der Waals surface area contributed by atoms with Gasteiger partial charge in [0.05, 0.1) is 6.17 Å². The van der Waals surface area contributed by atoms with Crippen molar-refractivity contribution < 1.29 is 19.1 Å². The summed E-state index contributed by atoms with van der Waals surface area (Å²) >= 11 is 0. The molecule has 1 unspecified atom stereocenters. The lowest BCUT2D eigenvalue weighted by Gasteiger charge is -2.38. The van der Waals surface area contributed by atoms with E-state index in [2.05, 4.69) is 10.6 Å². The first-order chi connectivity index (χ1) is 15.3. The number of rotatable bonds is 6. The molecule has 2 fully saturated rings. The maximum Gasteiger partial charge on any atom is 0.411 e. The lowest BCUT2D eigenvalue weighted by molar-refractivity contribution is 0.00461. The summed E-state index contributed by atoms with van der Waals surface area (Å²) in [5, 5.41) is 6.62. The number of nitrogens with one attached hydrogen (secondary N) is 2. The van der Waals surface area contributed by atoms with Gasteiger partial charge >= 0.3 is 12.2 Å². The minimum absolute atomic E-state index is 0.0439. The van der Waals surface area contributed by atoms with Crippen molar-refractivity contribution in [2.45, 2.75) is 90.1 Å². The van der Waals surface area contributed by atoms with Crippen molar-refractivity contribution >= 4 is 12.2 Å². The Balaban J connectivity index is 1.36.